The second-order valence-electron chi connectivity index (χ2n) is 5.69. The van der Waals surface area contributed by atoms with Gasteiger partial charge in [-0.25, -0.2) is 0 Å². The number of rotatable bonds is 6. The molecule has 96 valence electrons. The topological polar surface area (TPSA) is 30.5 Å². The molecule has 2 unspecified atom stereocenters. The van der Waals surface area contributed by atoms with Crippen molar-refractivity contribution in [1.82, 2.24) is 5.32 Å². The van der Waals surface area contributed by atoms with Crippen molar-refractivity contribution in [2.75, 3.05) is 20.3 Å². The molecular weight excluding hydrogens is 202 g/mol. The smallest absolute Gasteiger partial charge is 0.0647 e. The molecule has 3 nitrogen and oxygen atoms in total. The lowest BCUT2D eigenvalue weighted by atomic mass is 9.91. The van der Waals surface area contributed by atoms with Gasteiger partial charge in [-0.05, 0) is 26.2 Å². The van der Waals surface area contributed by atoms with Gasteiger partial charge in [0.15, 0.2) is 0 Å². The maximum atomic E-state index is 5.82. The van der Waals surface area contributed by atoms with Crippen LogP contribution in [0.3, 0.4) is 0 Å². The highest BCUT2D eigenvalue weighted by atomic mass is 16.5. The van der Waals surface area contributed by atoms with E-state index in [0.29, 0.717) is 18.1 Å². The molecule has 0 saturated carbocycles. The first-order valence-corrected chi connectivity index (χ1v) is 6.35. The van der Waals surface area contributed by atoms with Gasteiger partial charge < -0.3 is 14.8 Å². The highest BCUT2D eigenvalue weighted by Gasteiger charge is 2.33. The zero-order chi connectivity index (χ0) is 12.2. The summed E-state index contributed by atoms with van der Waals surface area (Å²) in [6.45, 7) is 10.6. The number of hydrogen-bond donors (Lipinski definition) is 1. The lowest BCUT2D eigenvalue weighted by molar-refractivity contribution is -0.0348. The summed E-state index contributed by atoms with van der Waals surface area (Å²) in [7, 11) is 1.77. The Kier molecular flexibility index (Phi) is 5.22. The van der Waals surface area contributed by atoms with Gasteiger partial charge in [0.25, 0.3) is 0 Å². The van der Waals surface area contributed by atoms with Crippen LogP contribution < -0.4 is 5.32 Å². The van der Waals surface area contributed by atoms with E-state index in [1.165, 1.54) is 6.42 Å². The van der Waals surface area contributed by atoms with Crippen LogP contribution in [0.2, 0.25) is 0 Å². The van der Waals surface area contributed by atoms with E-state index < -0.39 is 0 Å². The fourth-order valence-corrected chi connectivity index (χ4v) is 2.11. The summed E-state index contributed by atoms with van der Waals surface area (Å²) in [6, 6.07) is 0.552. The summed E-state index contributed by atoms with van der Waals surface area (Å²) in [6.07, 6.45) is 2.50. The number of ether oxygens (including phenoxy) is 2. The minimum Gasteiger partial charge on any atom is -0.379 e. The first kappa shape index (κ1) is 13.9. The van der Waals surface area contributed by atoms with Gasteiger partial charge in [-0.15, -0.1) is 0 Å². The molecule has 1 aliphatic heterocycles. The quantitative estimate of drug-likeness (QED) is 0.757. The Labute approximate surface area is 99.9 Å². The van der Waals surface area contributed by atoms with Gasteiger partial charge in [0, 0.05) is 32.7 Å². The highest BCUT2D eigenvalue weighted by molar-refractivity contribution is 4.84. The summed E-state index contributed by atoms with van der Waals surface area (Å²) in [5, 5.41) is 3.50. The van der Waals surface area contributed by atoms with E-state index in [1.807, 2.05) is 0 Å². The van der Waals surface area contributed by atoms with Crippen molar-refractivity contribution in [2.24, 2.45) is 5.92 Å². The average molecular weight is 229 g/mol. The largest absolute Gasteiger partial charge is 0.379 e. The predicted molar refractivity (Wildman–Crippen MR) is 66.7 cm³/mol. The van der Waals surface area contributed by atoms with Crippen molar-refractivity contribution in [2.45, 2.75) is 58.3 Å². The predicted octanol–water partition coefficient (Wildman–Crippen LogP) is 2.20. The van der Waals surface area contributed by atoms with Gasteiger partial charge in [0.1, 0.15) is 0 Å². The molecule has 1 rings (SSSR count). The first-order valence-electron chi connectivity index (χ1n) is 6.35. The average Bonchev–Trinajstić information content (AvgIpc) is 2.61. The molecule has 0 aliphatic carbocycles. The molecule has 0 aromatic rings. The Morgan fingerprint density at radius 3 is 2.69 bits per heavy atom. The van der Waals surface area contributed by atoms with E-state index in [4.69, 9.17) is 9.47 Å². The third-order valence-electron chi connectivity index (χ3n) is 3.38. The van der Waals surface area contributed by atoms with Crippen LogP contribution >= 0.6 is 0 Å². The van der Waals surface area contributed by atoms with Crippen molar-refractivity contribution in [3.8, 4) is 0 Å². The molecule has 1 heterocycles. The second-order valence-corrected chi connectivity index (χ2v) is 5.69. The number of hydrogen-bond acceptors (Lipinski definition) is 3. The normalized spacial score (nSPS) is 26.6. The van der Waals surface area contributed by atoms with Crippen molar-refractivity contribution < 1.29 is 9.47 Å². The first-order chi connectivity index (χ1) is 7.44. The second kappa shape index (κ2) is 5.99. The summed E-state index contributed by atoms with van der Waals surface area (Å²) in [5.74, 6) is 0.636. The van der Waals surface area contributed by atoms with Gasteiger partial charge in [0.2, 0.25) is 0 Å². The van der Waals surface area contributed by atoms with Crippen molar-refractivity contribution in [3.05, 3.63) is 0 Å². The van der Waals surface area contributed by atoms with Gasteiger partial charge >= 0.3 is 0 Å². The molecule has 0 spiro atoms. The summed E-state index contributed by atoms with van der Waals surface area (Å²) < 4.78 is 11.3. The molecule has 3 heteroatoms. The molecule has 0 aromatic heterocycles. The third-order valence-corrected chi connectivity index (χ3v) is 3.38. The van der Waals surface area contributed by atoms with E-state index in [1.54, 1.807) is 7.11 Å². The minimum absolute atomic E-state index is 0.0783. The molecular formula is C13H27NO2. The Hall–Kier alpha value is -0.120. The van der Waals surface area contributed by atoms with Crippen LogP contribution in [0, 0.1) is 5.92 Å². The Morgan fingerprint density at radius 1 is 1.44 bits per heavy atom. The van der Waals surface area contributed by atoms with Crippen LogP contribution in [0.25, 0.3) is 0 Å². The standard InChI is InChI=1S/C13H27NO2/c1-10(2)14-9-11-6-7-16-12(11)8-13(3,4)15-5/h10-12,14H,6-9H2,1-5H3. The Balaban J connectivity index is 2.40. The number of methoxy groups -OCH3 is 1. The van der Waals surface area contributed by atoms with Gasteiger partial charge in [-0.1, -0.05) is 13.8 Å². The van der Waals surface area contributed by atoms with E-state index in [9.17, 15) is 0 Å². The zero-order valence-electron chi connectivity index (χ0n) is 11.4. The lowest BCUT2D eigenvalue weighted by Gasteiger charge is -2.29. The molecule has 0 radical (unpaired) electrons. The molecule has 0 bridgehead atoms. The molecule has 0 amide bonds. The lowest BCUT2D eigenvalue weighted by Crippen LogP contribution is -2.37. The maximum Gasteiger partial charge on any atom is 0.0647 e. The third kappa shape index (κ3) is 4.40. The number of nitrogens with one attached hydrogen (secondary N) is 1. The van der Waals surface area contributed by atoms with Crippen LogP contribution in [0.5, 0.6) is 0 Å². The van der Waals surface area contributed by atoms with Gasteiger partial charge in [-0.2, -0.15) is 0 Å². The van der Waals surface area contributed by atoms with Crippen molar-refractivity contribution in [1.29, 1.82) is 0 Å². The van der Waals surface area contributed by atoms with Crippen LogP contribution in [-0.4, -0.2) is 38.0 Å². The molecule has 1 aliphatic rings. The van der Waals surface area contributed by atoms with Crippen LogP contribution in [0.15, 0.2) is 0 Å². The minimum atomic E-state index is -0.0783. The molecule has 16 heavy (non-hydrogen) atoms. The van der Waals surface area contributed by atoms with E-state index >= 15 is 0 Å². The summed E-state index contributed by atoms with van der Waals surface area (Å²) in [4.78, 5) is 0. The molecule has 2 atom stereocenters. The molecule has 0 aromatic carbocycles. The Morgan fingerprint density at radius 2 is 2.12 bits per heavy atom. The summed E-state index contributed by atoms with van der Waals surface area (Å²) in [5.41, 5.74) is -0.0783. The molecule has 1 saturated heterocycles. The monoisotopic (exact) mass is 229 g/mol. The van der Waals surface area contributed by atoms with E-state index in [0.717, 1.165) is 19.6 Å². The van der Waals surface area contributed by atoms with Crippen LogP contribution in [0.4, 0.5) is 0 Å². The fourth-order valence-electron chi connectivity index (χ4n) is 2.11. The van der Waals surface area contributed by atoms with Crippen molar-refractivity contribution >= 4 is 0 Å². The Bertz CT molecular complexity index is 204. The zero-order valence-corrected chi connectivity index (χ0v) is 11.4. The van der Waals surface area contributed by atoms with Crippen LogP contribution in [0.1, 0.15) is 40.5 Å². The molecule has 1 fully saturated rings. The maximum absolute atomic E-state index is 5.82. The fraction of sp³-hybridized carbons (Fsp3) is 1.00. The van der Waals surface area contributed by atoms with Crippen molar-refractivity contribution in [3.63, 3.8) is 0 Å². The van der Waals surface area contributed by atoms with E-state index in [-0.39, 0.29) is 5.60 Å². The van der Waals surface area contributed by atoms with Crippen LogP contribution in [-0.2, 0) is 9.47 Å². The highest BCUT2D eigenvalue weighted by Crippen LogP contribution is 2.28. The van der Waals surface area contributed by atoms with Gasteiger partial charge in [0.05, 0.1) is 11.7 Å². The molecule has 1 N–H and O–H groups in total. The van der Waals surface area contributed by atoms with E-state index in [2.05, 4.69) is 33.0 Å². The SMILES string of the molecule is COC(C)(C)CC1OCCC1CNC(C)C. The summed E-state index contributed by atoms with van der Waals surface area (Å²) >= 11 is 0. The van der Waals surface area contributed by atoms with Gasteiger partial charge in [-0.3, -0.25) is 0 Å².